The molecule has 0 unspecified atom stereocenters. The minimum Gasteiger partial charge on any atom is -0.480 e. The number of rotatable bonds is 4. The van der Waals surface area contributed by atoms with Gasteiger partial charge in [-0.25, -0.2) is 4.68 Å². The van der Waals surface area contributed by atoms with E-state index in [1.807, 2.05) is 0 Å². The maximum absolute atomic E-state index is 11.1. The summed E-state index contributed by atoms with van der Waals surface area (Å²) in [5, 5.41) is 12.5. The van der Waals surface area contributed by atoms with Crippen LogP contribution in [0.3, 0.4) is 0 Å². The first kappa shape index (κ1) is 11.7. The van der Waals surface area contributed by atoms with Crippen LogP contribution in [0.15, 0.2) is 21.7 Å². The third kappa shape index (κ3) is 3.40. The van der Waals surface area contributed by atoms with Crippen molar-refractivity contribution in [3.05, 3.63) is 32.8 Å². The number of H-pyrrole nitrogens is 1. The zero-order valence-electron chi connectivity index (χ0n) is 8.10. The summed E-state index contributed by atoms with van der Waals surface area (Å²) in [5.41, 5.74) is -1.07. The molecule has 0 spiro atoms. The summed E-state index contributed by atoms with van der Waals surface area (Å²) in [7, 11) is 0. The molecule has 0 saturated heterocycles. The number of carbonyl (C=O) groups is 2. The normalized spacial score (nSPS) is 9.75. The molecule has 1 amide bonds. The quantitative estimate of drug-likeness (QED) is 0.535. The standard InChI is InChI=1S/C8H9N3O5/c12-5-1-2-7(14)11(10-5)4-6(13)9-3-8(15)16/h1-2H,3-4H2,(H,9,13)(H,10,12)(H,15,16). The molecule has 16 heavy (non-hydrogen) atoms. The van der Waals surface area contributed by atoms with E-state index in [9.17, 15) is 19.2 Å². The summed E-state index contributed by atoms with van der Waals surface area (Å²) in [4.78, 5) is 43.3. The van der Waals surface area contributed by atoms with E-state index in [-0.39, 0.29) is 0 Å². The SMILES string of the molecule is O=C(O)CNC(=O)Cn1[nH]c(=O)ccc1=O. The molecule has 0 fully saturated rings. The highest BCUT2D eigenvalue weighted by Gasteiger charge is 2.06. The van der Waals surface area contributed by atoms with Crippen LogP contribution in [0.25, 0.3) is 0 Å². The van der Waals surface area contributed by atoms with Crippen molar-refractivity contribution in [2.75, 3.05) is 6.54 Å². The first-order chi connectivity index (χ1) is 7.49. The monoisotopic (exact) mass is 227 g/mol. The van der Waals surface area contributed by atoms with Crippen LogP contribution >= 0.6 is 0 Å². The molecule has 0 atom stereocenters. The summed E-state index contributed by atoms with van der Waals surface area (Å²) in [5.74, 6) is -1.87. The molecule has 1 aromatic rings. The predicted octanol–water partition coefficient (Wildman–Crippen LogP) is -2.26. The van der Waals surface area contributed by atoms with Crippen molar-refractivity contribution >= 4 is 11.9 Å². The van der Waals surface area contributed by atoms with Crippen LogP contribution in [0.2, 0.25) is 0 Å². The molecule has 8 nitrogen and oxygen atoms in total. The molecular formula is C8H9N3O5. The highest BCUT2D eigenvalue weighted by molar-refractivity contribution is 5.80. The number of carboxylic acid groups (broad SMARTS) is 1. The second-order valence-corrected chi connectivity index (χ2v) is 2.90. The van der Waals surface area contributed by atoms with Gasteiger partial charge in [0.15, 0.2) is 0 Å². The number of nitrogens with zero attached hydrogens (tertiary/aromatic N) is 1. The molecule has 0 radical (unpaired) electrons. The lowest BCUT2D eigenvalue weighted by atomic mass is 10.5. The molecule has 1 aromatic heterocycles. The minimum absolute atomic E-state index is 0.428. The fourth-order valence-corrected chi connectivity index (χ4v) is 0.953. The van der Waals surface area contributed by atoms with Gasteiger partial charge in [0.2, 0.25) is 5.91 Å². The van der Waals surface area contributed by atoms with E-state index < -0.39 is 36.1 Å². The van der Waals surface area contributed by atoms with Crippen LogP contribution in [0.5, 0.6) is 0 Å². The molecule has 0 aromatic carbocycles. The van der Waals surface area contributed by atoms with Crippen molar-refractivity contribution in [3.63, 3.8) is 0 Å². The summed E-state index contributed by atoms with van der Waals surface area (Å²) in [6.45, 7) is -0.965. The van der Waals surface area contributed by atoms with Crippen LogP contribution < -0.4 is 16.4 Å². The van der Waals surface area contributed by atoms with Gasteiger partial charge in [0.05, 0.1) is 0 Å². The highest BCUT2D eigenvalue weighted by atomic mass is 16.4. The summed E-state index contributed by atoms with van der Waals surface area (Å²) < 4.78 is 0.791. The third-order valence-corrected chi connectivity index (χ3v) is 1.63. The molecular weight excluding hydrogens is 218 g/mol. The molecule has 3 N–H and O–H groups in total. The Morgan fingerprint density at radius 3 is 2.69 bits per heavy atom. The average Bonchev–Trinajstić information content (AvgIpc) is 2.20. The maximum atomic E-state index is 11.1. The van der Waals surface area contributed by atoms with E-state index in [0.717, 1.165) is 16.8 Å². The van der Waals surface area contributed by atoms with Crippen molar-refractivity contribution in [1.29, 1.82) is 0 Å². The van der Waals surface area contributed by atoms with Gasteiger partial charge < -0.3 is 10.4 Å². The van der Waals surface area contributed by atoms with Crippen LogP contribution in [0.4, 0.5) is 0 Å². The van der Waals surface area contributed by atoms with Gasteiger partial charge in [0.1, 0.15) is 13.1 Å². The van der Waals surface area contributed by atoms with E-state index >= 15 is 0 Å². The zero-order chi connectivity index (χ0) is 12.1. The minimum atomic E-state index is -1.19. The van der Waals surface area contributed by atoms with Crippen LogP contribution in [-0.4, -0.2) is 33.3 Å². The van der Waals surface area contributed by atoms with Gasteiger partial charge in [-0.1, -0.05) is 0 Å². The molecule has 86 valence electrons. The van der Waals surface area contributed by atoms with Gasteiger partial charge in [-0.3, -0.25) is 24.3 Å². The van der Waals surface area contributed by atoms with E-state index in [2.05, 4.69) is 10.4 Å². The Morgan fingerprint density at radius 2 is 2.06 bits per heavy atom. The van der Waals surface area contributed by atoms with Crippen LogP contribution in [-0.2, 0) is 16.1 Å². The number of hydrogen-bond donors (Lipinski definition) is 3. The molecule has 0 aliphatic carbocycles. The number of aromatic nitrogens is 2. The van der Waals surface area contributed by atoms with E-state index in [1.165, 1.54) is 0 Å². The Kier molecular flexibility index (Phi) is 3.59. The number of carboxylic acids is 1. The smallest absolute Gasteiger partial charge is 0.322 e. The molecule has 0 aliphatic rings. The van der Waals surface area contributed by atoms with Crippen molar-refractivity contribution in [1.82, 2.24) is 15.1 Å². The number of aliphatic carboxylic acids is 1. The number of carbonyl (C=O) groups excluding carboxylic acids is 1. The molecule has 1 heterocycles. The molecule has 1 rings (SSSR count). The fraction of sp³-hybridized carbons (Fsp3) is 0.250. The second kappa shape index (κ2) is 4.91. The Morgan fingerprint density at radius 1 is 1.38 bits per heavy atom. The van der Waals surface area contributed by atoms with Crippen LogP contribution in [0.1, 0.15) is 0 Å². The zero-order valence-corrected chi connectivity index (χ0v) is 8.10. The van der Waals surface area contributed by atoms with Gasteiger partial charge in [-0.05, 0) is 0 Å². The van der Waals surface area contributed by atoms with E-state index in [4.69, 9.17) is 5.11 Å². The van der Waals surface area contributed by atoms with Gasteiger partial charge in [-0.2, -0.15) is 0 Å². The summed E-state index contributed by atoms with van der Waals surface area (Å²) in [6.07, 6.45) is 0. The summed E-state index contributed by atoms with van der Waals surface area (Å²) in [6, 6.07) is 2.05. The van der Waals surface area contributed by atoms with Gasteiger partial charge in [-0.15, -0.1) is 0 Å². The largest absolute Gasteiger partial charge is 0.480 e. The first-order valence-corrected chi connectivity index (χ1v) is 4.27. The van der Waals surface area contributed by atoms with Gasteiger partial charge in [0.25, 0.3) is 11.1 Å². The number of hydrogen-bond acceptors (Lipinski definition) is 4. The topological polar surface area (TPSA) is 121 Å². The van der Waals surface area contributed by atoms with Crippen molar-refractivity contribution < 1.29 is 14.7 Å². The van der Waals surface area contributed by atoms with Crippen molar-refractivity contribution in [3.8, 4) is 0 Å². The Labute approximate surface area is 88.5 Å². The fourth-order valence-electron chi connectivity index (χ4n) is 0.953. The van der Waals surface area contributed by atoms with Gasteiger partial charge >= 0.3 is 5.97 Å². The third-order valence-electron chi connectivity index (χ3n) is 1.63. The number of aromatic amines is 1. The van der Waals surface area contributed by atoms with Crippen molar-refractivity contribution in [2.45, 2.75) is 6.54 Å². The Bertz CT molecular complexity index is 515. The Hall–Kier alpha value is -2.38. The maximum Gasteiger partial charge on any atom is 0.322 e. The average molecular weight is 227 g/mol. The van der Waals surface area contributed by atoms with E-state index in [0.29, 0.717) is 0 Å². The molecule has 0 aliphatic heterocycles. The Balaban J connectivity index is 2.70. The lowest BCUT2D eigenvalue weighted by molar-refractivity contribution is -0.138. The number of nitrogens with one attached hydrogen (secondary N) is 2. The molecule has 0 bridgehead atoms. The van der Waals surface area contributed by atoms with Gasteiger partial charge in [0, 0.05) is 12.1 Å². The first-order valence-electron chi connectivity index (χ1n) is 4.27. The summed E-state index contributed by atoms with van der Waals surface area (Å²) >= 11 is 0. The van der Waals surface area contributed by atoms with Crippen LogP contribution in [0, 0.1) is 0 Å². The number of amides is 1. The van der Waals surface area contributed by atoms with Crippen molar-refractivity contribution in [2.24, 2.45) is 0 Å². The molecule has 0 saturated carbocycles. The lowest BCUT2D eigenvalue weighted by Gasteiger charge is -2.04. The molecule has 8 heteroatoms. The highest BCUT2D eigenvalue weighted by Crippen LogP contribution is 1.74. The van der Waals surface area contributed by atoms with E-state index in [1.54, 1.807) is 0 Å². The predicted molar refractivity (Wildman–Crippen MR) is 52.0 cm³/mol. The second-order valence-electron chi connectivity index (χ2n) is 2.90. The lowest BCUT2D eigenvalue weighted by Crippen LogP contribution is -2.37.